The van der Waals surface area contributed by atoms with Crippen molar-refractivity contribution in [3.05, 3.63) is 59.5 Å². The molecule has 2 aromatic rings. The molecule has 0 radical (unpaired) electrons. The number of nitrogens with zero attached hydrogens (tertiary/aromatic N) is 1. The number of benzene rings is 1. The van der Waals surface area contributed by atoms with Gasteiger partial charge in [0.05, 0.1) is 12.0 Å². The van der Waals surface area contributed by atoms with Gasteiger partial charge in [0.15, 0.2) is 5.76 Å². The molecule has 1 aliphatic carbocycles. The minimum absolute atomic E-state index is 0.272. The van der Waals surface area contributed by atoms with E-state index < -0.39 is 0 Å². The van der Waals surface area contributed by atoms with Crippen LogP contribution in [0.15, 0.2) is 52.2 Å². The monoisotopic (exact) mass is 254 g/mol. The first-order chi connectivity index (χ1) is 9.34. The van der Waals surface area contributed by atoms with E-state index in [4.69, 9.17) is 4.42 Å². The predicted molar refractivity (Wildman–Crippen MR) is 72.1 cm³/mol. The summed E-state index contributed by atoms with van der Waals surface area (Å²) < 4.78 is 5.02. The zero-order valence-electron chi connectivity index (χ0n) is 10.4. The van der Waals surface area contributed by atoms with Gasteiger partial charge in [-0.1, -0.05) is 24.3 Å². The largest absolute Gasteiger partial charge is 0.459 e. The summed E-state index contributed by atoms with van der Waals surface area (Å²) in [6, 6.07) is 11.5. The van der Waals surface area contributed by atoms with Gasteiger partial charge in [0, 0.05) is 5.56 Å². The molecule has 1 aliphatic rings. The van der Waals surface area contributed by atoms with Crippen molar-refractivity contribution in [2.24, 2.45) is 5.10 Å². The van der Waals surface area contributed by atoms with Gasteiger partial charge < -0.3 is 4.42 Å². The van der Waals surface area contributed by atoms with Crippen molar-refractivity contribution < 1.29 is 9.21 Å². The third kappa shape index (κ3) is 2.42. The second kappa shape index (κ2) is 5.10. The highest BCUT2D eigenvalue weighted by atomic mass is 16.3. The Kier molecular flexibility index (Phi) is 3.14. The molecule has 0 spiro atoms. The topological polar surface area (TPSA) is 54.6 Å². The summed E-state index contributed by atoms with van der Waals surface area (Å²) in [6.07, 6.45) is 4.49. The first-order valence-corrected chi connectivity index (χ1v) is 6.33. The molecule has 1 N–H and O–H groups in total. The number of nitrogens with one attached hydrogen (secondary N) is 1. The lowest BCUT2D eigenvalue weighted by Gasteiger charge is -2.17. The van der Waals surface area contributed by atoms with E-state index in [0.29, 0.717) is 0 Å². The van der Waals surface area contributed by atoms with Crippen molar-refractivity contribution in [3.8, 4) is 0 Å². The summed E-state index contributed by atoms with van der Waals surface area (Å²) in [7, 11) is 0. The van der Waals surface area contributed by atoms with E-state index in [1.54, 1.807) is 12.1 Å². The molecule has 0 bridgehead atoms. The van der Waals surface area contributed by atoms with Crippen LogP contribution in [-0.2, 0) is 6.42 Å². The molecule has 4 nitrogen and oxygen atoms in total. The van der Waals surface area contributed by atoms with Crippen molar-refractivity contribution in [2.75, 3.05) is 0 Å². The number of carbonyl (C=O) groups is 1. The standard InChI is InChI=1S/C15H14N2O2/c18-15(14-9-4-10-19-14)17-16-13-8-3-6-11-5-1-2-7-12(11)13/h1-2,4-5,7,9-10H,3,6,8H2,(H,17,18). The van der Waals surface area contributed by atoms with Gasteiger partial charge in [0.1, 0.15) is 0 Å². The molecule has 0 fully saturated rings. The number of hydrogen-bond donors (Lipinski definition) is 1. The molecule has 1 aromatic carbocycles. The molecule has 4 heteroatoms. The van der Waals surface area contributed by atoms with Gasteiger partial charge in [-0.3, -0.25) is 4.79 Å². The number of fused-ring (bicyclic) bond motifs is 1. The maximum Gasteiger partial charge on any atom is 0.307 e. The summed E-state index contributed by atoms with van der Waals surface area (Å²) in [6.45, 7) is 0. The third-order valence-electron chi connectivity index (χ3n) is 3.23. The minimum atomic E-state index is -0.319. The van der Waals surface area contributed by atoms with Crippen molar-refractivity contribution in [1.29, 1.82) is 0 Å². The van der Waals surface area contributed by atoms with Crippen molar-refractivity contribution in [1.82, 2.24) is 5.43 Å². The number of aryl methyl sites for hydroxylation is 1. The minimum Gasteiger partial charge on any atom is -0.459 e. The van der Waals surface area contributed by atoms with Gasteiger partial charge >= 0.3 is 5.91 Å². The van der Waals surface area contributed by atoms with Crippen LogP contribution in [0.3, 0.4) is 0 Å². The highest BCUT2D eigenvalue weighted by molar-refractivity contribution is 6.03. The Morgan fingerprint density at radius 2 is 2.05 bits per heavy atom. The van der Waals surface area contributed by atoms with E-state index >= 15 is 0 Å². The summed E-state index contributed by atoms with van der Waals surface area (Å²) in [5, 5.41) is 4.24. The lowest BCUT2D eigenvalue weighted by atomic mass is 9.90. The van der Waals surface area contributed by atoms with Crippen molar-refractivity contribution in [2.45, 2.75) is 19.3 Å². The summed E-state index contributed by atoms with van der Waals surface area (Å²) in [5.41, 5.74) is 5.91. The molecule has 96 valence electrons. The molecule has 0 atom stereocenters. The molecule has 19 heavy (non-hydrogen) atoms. The maximum absolute atomic E-state index is 11.7. The Bertz CT molecular complexity index is 615. The predicted octanol–water partition coefficient (Wildman–Crippen LogP) is 2.75. The SMILES string of the molecule is O=C(NN=C1CCCc2ccccc21)c1ccco1. The van der Waals surface area contributed by atoms with Crippen LogP contribution < -0.4 is 5.43 Å². The fraction of sp³-hybridized carbons (Fsp3) is 0.200. The molecule has 3 rings (SSSR count). The molecule has 1 amide bonds. The molecule has 1 aromatic heterocycles. The van der Waals surface area contributed by atoms with Gasteiger partial charge in [0.2, 0.25) is 0 Å². The Morgan fingerprint density at radius 3 is 2.89 bits per heavy atom. The van der Waals surface area contributed by atoms with Crippen LogP contribution in [0.5, 0.6) is 0 Å². The second-order valence-electron chi connectivity index (χ2n) is 4.49. The van der Waals surface area contributed by atoms with Crippen molar-refractivity contribution in [3.63, 3.8) is 0 Å². The number of rotatable bonds is 2. The molecule has 0 aliphatic heterocycles. The molecule has 0 unspecified atom stereocenters. The van der Waals surface area contributed by atoms with Crippen LogP contribution in [0, 0.1) is 0 Å². The van der Waals surface area contributed by atoms with Gasteiger partial charge in [-0.05, 0) is 37.0 Å². The highest BCUT2D eigenvalue weighted by Crippen LogP contribution is 2.21. The zero-order valence-corrected chi connectivity index (χ0v) is 10.4. The fourth-order valence-corrected chi connectivity index (χ4v) is 2.30. The molecular formula is C15H14N2O2. The summed E-state index contributed by atoms with van der Waals surface area (Å²) in [5.74, 6) is -0.0472. The van der Waals surface area contributed by atoms with Gasteiger partial charge in [-0.2, -0.15) is 5.10 Å². The molecule has 0 saturated heterocycles. The molecule has 1 heterocycles. The normalized spacial score (nSPS) is 16.1. The number of carbonyl (C=O) groups excluding carboxylic acids is 1. The lowest BCUT2D eigenvalue weighted by molar-refractivity contribution is 0.0927. The Balaban J connectivity index is 1.80. The summed E-state index contributed by atoms with van der Waals surface area (Å²) in [4.78, 5) is 11.7. The average Bonchev–Trinajstić information content (AvgIpc) is 2.99. The van der Waals surface area contributed by atoms with E-state index in [0.717, 1.165) is 30.5 Å². The zero-order chi connectivity index (χ0) is 13.1. The van der Waals surface area contributed by atoms with E-state index in [9.17, 15) is 4.79 Å². The van der Waals surface area contributed by atoms with Crippen LogP contribution in [0.4, 0.5) is 0 Å². The third-order valence-corrected chi connectivity index (χ3v) is 3.23. The first kappa shape index (κ1) is 11.7. The molecular weight excluding hydrogens is 240 g/mol. The van der Waals surface area contributed by atoms with Crippen molar-refractivity contribution >= 4 is 11.6 Å². The Labute approximate surface area is 111 Å². The number of furan rings is 1. The van der Waals surface area contributed by atoms with Gasteiger partial charge in [-0.25, -0.2) is 5.43 Å². The number of hydrazone groups is 1. The number of hydrogen-bond acceptors (Lipinski definition) is 3. The number of amides is 1. The first-order valence-electron chi connectivity index (χ1n) is 6.33. The smallest absolute Gasteiger partial charge is 0.307 e. The lowest BCUT2D eigenvalue weighted by Crippen LogP contribution is -2.21. The fourth-order valence-electron chi connectivity index (χ4n) is 2.30. The van der Waals surface area contributed by atoms with Gasteiger partial charge in [0.25, 0.3) is 0 Å². The van der Waals surface area contributed by atoms with Crippen LogP contribution in [0.1, 0.15) is 34.5 Å². The van der Waals surface area contributed by atoms with Crippen LogP contribution in [-0.4, -0.2) is 11.6 Å². The van der Waals surface area contributed by atoms with Crippen LogP contribution >= 0.6 is 0 Å². The van der Waals surface area contributed by atoms with E-state index in [1.807, 2.05) is 18.2 Å². The molecule has 0 saturated carbocycles. The quantitative estimate of drug-likeness (QED) is 0.838. The van der Waals surface area contributed by atoms with E-state index in [-0.39, 0.29) is 11.7 Å². The van der Waals surface area contributed by atoms with Crippen LogP contribution in [0.25, 0.3) is 0 Å². The van der Waals surface area contributed by atoms with E-state index in [2.05, 4.69) is 16.6 Å². The van der Waals surface area contributed by atoms with E-state index in [1.165, 1.54) is 11.8 Å². The maximum atomic E-state index is 11.7. The highest BCUT2D eigenvalue weighted by Gasteiger charge is 2.15. The Morgan fingerprint density at radius 1 is 1.16 bits per heavy atom. The second-order valence-corrected chi connectivity index (χ2v) is 4.49. The summed E-state index contributed by atoms with van der Waals surface area (Å²) >= 11 is 0. The average molecular weight is 254 g/mol. The Hall–Kier alpha value is -2.36. The van der Waals surface area contributed by atoms with Gasteiger partial charge in [-0.15, -0.1) is 0 Å². The van der Waals surface area contributed by atoms with Crippen LogP contribution in [0.2, 0.25) is 0 Å².